The summed E-state index contributed by atoms with van der Waals surface area (Å²) >= 11 is 0. The fraction of sp³-hybridized carbons (Fsp3) is 0.250. The molecule has 0 bridgehead atoms. The smallest absolute Gasteiger partial charge is 0.227 e. The molecule has 0 aliphatic carbocycles. The summed E-state index contributed by atoms with van der Waals surface area (Å²) in [7, 11) is 0. The fourth-order valence-corrected chi connectivity index (χ4v) is 2.36. The molecule has 0 atom stereocenters. The molecule has 0 aliphatic heterocycles. The van der Waals surface area contributed by atoms with Crippen molar-refractivity contribution in [1.82, 2.24) is 4.98 Å². The first-order valence-corrected chi connectivity index (χ1v) is 6.83. The molecule has 1 aromatic carbocycles. The van der Waals surface area contributed by atoms with Crippen molar-refractivity contribution in [3.63, 3.8) is 0 Å². The number of oxazole rings is 1. The minimum Gasteiger partial charge on any atom is -0.436 e. The molecule has 3 rings (SSSR count). The number of nitrogens with two attached hydrogens (primary N) is 1. The first-order valence-electron chi connectivity index (χ1n) is 6.83. The van der Waals surface area contributed by atoms with E-state index in [1.807, 2.05) is 31.2 Å². The zero-order valence-corrected chi connectivity index (χ0v) is 11.8. The number of anilines is 1. The number of rotatable bonds is 3. The third-order valence-corrected chi connectivity index (χ3v) is 3.32. The Morgan fingerprint density at radius 1 is 1.25 bits per heavy atom. The molecule has 20 heavy (non-hydrogen) atoms. The van der Waals surface area contributed by atoms with E-state index in [0.29, 0.717) is 11.6 Å². The number of nitrogens with zero attached hydrogens (tertiary/aromatic N) is 2. The molecular weight excluding hydrogens is 250 g/mol. The van der Waals surface area contributed by atoms with E-state index in [-0.39, 0.29) is 0 Å². The van der Waals surface area contributed by atoms with Crippen LogP contribution in [0, 0.1) is 6.92 Å². The summed E-state index contributed by atoms with van der Waals surface area (Å²) in [6.07, 6.45) is 5.22. The molecule has 0 unspecified atom stereocenters. The van der Waals surface area contributed by atoms with Gasteiger partial charge in [0.25, 0.3) is 0 Å². The third-order valence-electron chi connectivity index (χ3n) is 3.32. The summed E-state index contributed by atoms with van der Waals surface area (Å²) in [6.45, 7) is 5.16. The van der Waals surface area contributed by atoms with Crippen molar-refractivity contribution in [1.29, 1.82) is 0 Å². The van der Waals surface area contributed by atoms with Gasteiger partial charge in [0, 0.05) is 29.8 Å². The van der Waals surface area contributed by atoms with Gasteiger partial charge in [0.05, 0.1) is 0 Å². The molecule has 0 saturated heterocycles. The van der Waals surface area contributed by atoms with E-state index in [4.69, 9.17) is 10.2 Å². The van der Waals surface area contributed by atoms with Gasteiger partial charge in [-0.2, -0.15) is 0 Å². The highest BCUT2D eigenvalue weighted by atomic mass is 16.3. The summed E-state index contributed by atoms with van der Waals surface area (Å²) in [5.74, 6) is 0.636. The van der Waals surface area contributed by atoms with Gasteiger partial charge in [0.2, 0.25) is 5.89 Å². The Balaban J connectivity index is 2.03. The lowest BCUT2D eigenvalue weighted by molar-refractivity contribution is -0.696. The number of nitrogen functional groups attached to an aromatic ring is 1. The first-order chi connectivity index (χ1) is 9.67. The van der Waals surface area contributed by atoms with Crippen molar-refractivity contribution in [3.05, 3.63) is 42.2 Å². The minimum absolute atomic E-state index is 0.636. The van der Waals surface area contributed by atoms with Crippen molar-refractivity contribution in [3.8, 4) is 11.5 Å². The van der Waals surface area contributed by atoms with E-state index >= 15 is 0 Å². The molecule has 2 aromatic heterocycles. The van der Waals surface area contributed by atoms with Crippen LogP contribution in [0.15, 0.2) is 41.1 Å². The predicted octanol–water partition coefficient (Wildman–Crippen LogP) is 3.08. The second-order valence-electron chi connectivity index (χ2n) is 5.03. The van der Waals surface area contributed by atoms with Crippen LogP contribution < -0.4 is 10.3 Å². The second-order valence-corrected chi connectivity index (χ2v) is 5.03. The summed E-state index contributed by atoms with van der Waals surface area (Å²) < 4.78 is 8.01. The van der Waals surface area contributed by atoms with Crippen molar-refractivity contribution >= 4 is 16.8 Å². The topological polar surface area (TPSA) is 55.9 Å². The molecule has 0 amide bonds. The Hall–Kier alpha value is -2.36. The quantitative estimate of drug-likeness (QED) is 0.586. The van der Waals surface area contributed by atoms with Gasteiger partial charge in [-0.05, 0) is 24.6 Å². The third kappa shape index (κ3) is 2.25. The number of aryl methyl sites for hydroxylation is 2. The van der Waals surface area contributed by atoms with E-state index in [9.17, 15) is 0 Å². The molecule has 4 heteroatoms. The summed E-state index contributed by atoms with van der Waals surface area (Å²) in [4.78, 5) is 4.52. The number of hydrogen-bond donors (Lipinski definition) is 1. The lowest BCUT2D eigenvalue weighted by Crippen LogP contribution is -2.31. The number of benzene rings is 1. The number of pyridine rings is 1. The van der Waals surface area contributed by atoms with Crippen molar-refractivity contribution in [2.45, 2.75) is 26.8 Å². The molecule has 0 spiro atoms. The molecule has 2 N–H and O–H groups in total. The maximum absolute atomic E-state index is 5.86. The van der Waals surface area contributed by atoms with Crippen molar-refractivity contribution in [2.75, 3.05) is 5.73 Å². The number of fused-ring (bicyclic) bond motifs is 1. The van der Waals surface area contributed by atoms with E-state index < -0.39 is 0 Å². The van der Waals surface area contributed by atoms with Crippen LogP contribution in [0.4, 0.5) is 5.69 Å². The molecule has 4 nitrogen and oxygen atoms in total. The zero-order chi connectivity index (χ0) is 14.1. The van der Waals surface area contributed by atoms with Crippen LogP contribution in [0.2, 0.25) is 0 Å². The Kier molecular flexibility index (Phi) is 3.14. The van der Waals surface area contributed by atoms with Crippen LogP contribution in [0.25, 0.3) is 22.6 Å². The molecule has 3 aromatic rings. The Bertz CT molecular complexity index is 744. The largest absolute Gasteiger partial charge is 0.436 e. The van der Waals surface area contributed by atoms with E-state index in [1.54, 1.807) is 0 Å². The van der Waals surface area contributed by atoms with Crippen LogP contribution >= 0.6 is 0 Å². The van der Waals surface area contributed by atoms with Crippen LogP contribution in [-0.4, -0.2) is 4.98 Å². The van der Waals surface area contributed by atoms with Gasteiger partial charge in [-0.3, -0.25) is 0 Å². The lowest BCUT2D eigenvalue weighted by atomic mass is 10.2. The average molecular weight is 268 g/mol. The molecule has 0 aliphatic rings. The normalized spacial score (nSPS) is 11.1. The van der Waals surface area contributed by atoms with Gasteiger partial charge in [-0.15, -0.1) is 0 Å². The Morgan fingerprint density at radius 3 is 2.70 bits per heavy atom. The van der Waals surface area contributed by atoms with Crippen LogP contribution in [0.1, 0.15) is 18.9 Å². The van der Waals surface area contributed by atoms with Crippen molar-refractivity contribution < 1.29 is 8.98 Å². The van der Waals surface area contributed by atoms with Gasteiger partial charge in [0.1, 0.15) is 12.1 Å². The maximum atomic E-state index is 5.86. The first kappa shape index (κ1) is 12.7. The van der Waals surface area contributed by atoms with Gasteiger partial charge in [-0.25, -0.2) is 9.55 Å². The van der Waals surface area contributed by atoms with Crippen LogP contribution in [-0.2, 0) is 6.54 Å². The van der Waals surface area contributed by atoms with E-state index in [2.05, 4.69) is 28.9 Å². The molecular formula is C16H18N3O+. The number of hydrogen-bond acceptors (Lipinski definition) is 3. The van der Waals surface area contributed by atoms with Crippen LogP contribution in [0.3, 0.4) is 0 Å². The van der Waals surface area contributed by atoms with Gasteiger partial charge in [-0.1, -0.05) is 6.92 Å². The summed E-state index contributed by atoms with van der Waals surface area (Å²) in [5.41, 5.74) is 10.2. The lowest BCUT2D eigenvalue weighted by Gasteiger charge is -1.96. The number of aromatic nitrogens is 2. The van der Waals surface area contributed by atoms with Gasteiger partial charge >= 0.3 is 0 Å². The molecule has 0 fully saturated rings. The predicted molar refractivity (Wildman–Crippen MR) is 79.1 cm³/mol. The minimum atomic E-state index is 0.636. The SMILES string of the molecule is CCC[n+]1ccc(-c2nc3cc(N)cc(C)c3o2)cc1. The monoisotopic (exact) mass is 268 g/mol. The van der Waals surface area contributed by atoms with Crippen LogP contribution in [0.5, 0.6) is 0 Å². The zero-order valence-electron chi connectivity index (χ0n) is 11.8. The van der Waals surface area contributed by atoms with Gasteiger partial charge in [0.15, 0.2) is 18.0 Å². The fourth-order valence-electron chi connectivity index (χ4n) is 2.36. The summed E-state index contributed by atoms with van der Waals surface area (Å²) in [5, 5.41) is 0. The van der Waals surface area contributed by atoms with Crippen molar-refractivity contribution in [2.24, 2.45) is 0 Å². The maximum Gasteiger partial charge on any atom is 0.227 e. The molecule has 2 heterocycles. The van der Waals surface area contributed by atoms with E-state index in [0.717, 1.165) is 35.2 Å². The Morgan fingerprint density at radius 2 is 2.00 bits per heavy atom. The molecule has 0 radical (unpaired) electrons. The van der Waals surface area contributed by atoms with E-state index in [1.165, 1.54) is 0 Å². The highest BCUT2D eigenvalue weighted by Gasteiger charge is 2.12. The van der Waals surface area contributed by atoms with Gasteiger partial charge < -0.3 is 10.2 Å². The second kappa shape index (κ2) is 4.96. The average Bonchev–Trinajstić information content (AvgIpc) is 2.84. The summed E-state index contributed by atoms with van der Waals surface area (Å²) in [6, 6.07) is 7.80. The highest BCUT2D eigenvalue weighted by Crippen LogP contribution is 2.27. The molecule has 0 saturated carbocycles. The molecule has 102 valence electrons. The highest BCUT2D eigenvalue weighted by molar-refractivity contribution is 5.82. The standard InChI is InChI=1S/C16H18N3O/c1-3-6-19-7-4-12(5-8-19)16-18-14-10-13(17)9-11(2)15(14)20-16/h4-5,7-10H,3,6,17H2,1-2H3/q+1. The Labute approximate surface area is 117 Å².